The summed E-state index contributed by atoms with van der Waals surface area (Å²) in [5.41, 5.74) is 2.47. The van der Waals surface area contributed by atoms with E-state index in [1.54, 1.807) is 0 Å². The van der Waals surface area contributed by atoms with Gasteiger partial charge in [-0.1, -0.05) is 211 Å². The fraction of sp³-hybridized carbons (Fsp3) is 0.723. The maximum atomic E-state index is 6.02. The predicted octanol–water partition coefficient (Wildman–Crippen LogP) is 15.3. The first kappa shape index (κ1) is 43.1. The van der Waals surface area contributed by atoms with Crippen molar-refractivity contribution >= 4 is 12.2 Å². The first-order chi connectivity index (χ1) is 24.3. The third-order valence-electron chi connectivity index (χ3n) is 10.3. The summed E-state index contributed by atoms with van der Waals surface area (Å²) in [4.78, 5) is 0. The Bertz CT molecular complexity index is 978. The molecule has 0 aliphatic heterocycles. The summed E-state index contributed by atoms with van der Waals surface area (Å²) in [5.74, 6) is 0.989. The molecular weight excluding hydrogens is 595 g/mol. The van der Waals surface area contributed by atoms with Crippen LogP contribution in [0.25, 0.3) is 12.2 Å². The van der Waals surface area contributed by atoms with Crippen LogP contribution >= 0.6 is 0 Å². The molecule has 1 aromatic heterocycles. The van der Waals surface area contributed by atoms with Gasteiger partial charge in [0, 0.05) is 18.6 Å². The van der Waals surface area contributed by atoms with E-state index in [1.807, 2.05) is 0 Å². The zero-order chi connectivity index (χ0) is 34.7. The van der Waals surface area contributed by atoms with E-state index in [0.29, 0.717) is 0 Å². The van der Waals surface area contributed by atoms with Gasteiger partial charge in [0.2, 0.25) is 0 Å². The van der Waals surface area contributed by atoms with Gasteiger partial charge < -0.3 is 4.74 Å². The third-order valence-corrected chi connectivity index (χ3v) is 10.3. The van der Waals surface area contributed by atoms with E-state index >= 15 is 0 Å². The molecule has 0 aliphatic rings. The van der Waals surface area contributed by atoms with Crippen LogP contribution in [0.3, 0.4) is 0 Å². The van der Waals surface area contributed by atoms with E-state index in [-0.39, 0.29) is 0 Å². The van der Waals surface area contributed by atoms with E-state index in [2.05, 4.69) is 79.4 Å². The van der Waals surface area contributed by atoms with Gasteiger partial charge in [0.15, 0.2) is 12.4 Å². The van der Waals surface area contributed by atoms with Crippen molar-refractivity contribution in [2.45, 2.75) is 213 Å². The number of unbranched alkanes of at least 4 members (excludes halogenated alkanes) is 28. The van der Waals surface area contributed by atoms with Crippen molar-refractivity contribution in [1.82, 2.24) is 0 Å². The van der Waals surface area contributed by atoms with Gasteiger partial charge in [-0.25, -0.2) is 4.57 Å². The summed E-state index contributed by atoms with van der Waals surface area (Å²) in [6, 6.07) is 13.0. The lowest BCUT2D eigenvalue weighted by molar-refractivity contribution is -0.697. The monoisotopic (exact) mass is 675 g/mol. The largest absolute Gasteiger partial charge is 0.494 e. The highest BCUT2D eigenvalue weighted by molar-refractivity contribution is 5.69. The first-order valence-electron chi connectivity index (χ1n) is 21.7. The van der Waals surface area contributed by atoms with Gasteiger partial charge in [0.05, 0.1) is 6.61 Å². The Balaban J connectivity index is 1.38. The average molecular weight is 675 g/mol. The lowest BCUT2D eigenvalue weighted by Gasteiger charge is -2.07. The van der Waals surface area contributed by atoms with Crippen LogP contribution in [-0.2, 0) is 6.54 Å². The van der Waals surface area contributed by atoms with Crippen LogP contribution in [0, 0.1) is 0 Å². The Morgan fingerprint density at radius 3 is 1.10 bits per heavy atom. The Morgan fingerprint density at radius 1 is 0.388 bits per heavy atom. The molecule has 0 aliphatic carbocycles. The van der Waals surface area contributed by atoms with Crippen LogP contribution in [0.5, 0.6) is 5.75 Å². The van der Waals surface area contributed by atoms with Crippen molar-refractivity contribution in [3.63, 3.8) is 0 Å². The molecule has 0 spiro atoms. The maximum absolute atomic E-state index is 6.02. The fourth-order valence-corrected chi connectivity index (χ4v) is 6.93. The van der Waals surface area contributed by atoms with Crippen molar-refractivity contribution in [1.29, 1.82) is 0 Å². The molecule has 0 saturated heterocycles. The molecule has 0 N–H and O–H groups in total. The van der Waals surface area contributed by atoms with Gasteiger partial charge >= 0.3 is 0 Å². The number of aryl methyl sites for hydroxylation is 1. The Hall–Kier alpha value is -2.09. The average Bonchev–Trinajstić information content (AvgIpc) is 3.13. The van der Waals surface area contributed by atoms with Crippen LogP contribution in [0.15, 0.2) is 48.8 Å². The van der Waals surface area contributed by atoms with E-state index in [4.69, 9.17) is 4.74 Å². The van der Waals surface area contributed by atoms with Crippen molar-refractivity contribution in [2.24, 2.45) is 0 Å². The molecule has 2 rings (SSSR count). The van der Waals surface area contributed by atoms with Crippen molar-refractivity contribution < 1.29 is 9.30 Å². The number of hydrogen-bond acceptors (Lipinski definition) is 1. The number of hydrogen-bond donors (Lipinski definition) is 0. The molecule has 2 heteroatoms. The molecule has 0 bridgehead atoms. The number of pyridine rings is 1. The van der Waals surface area contributed by atoms with Crippen molar-refractivity contribution in [3.05, 3.63) is 59.9 Å². The zero-order valence-corrected chi connectivity index (χ0v) is 32.8. The van der Waals surface area contributed by atoms with Crippen molar-refractivity contribution in [2.75, 3.05) is 6.61 Å². The van der Waals surface area contributed by atoms with Gasteiger partial charge in [0.25, 0.3) is 0 Å². The molecule has 278 valence electrons. The lowest BCUT2D eigenvalue weighted by Crippen LogP contribution is -2.32. The number of nitrogens with zero attached hydrogens (tertiary/aromatic N) is 1. The Kier molecular flexibility index (Phi) is 29.1. The molecular formula is C47H80NO+. The van der Waals surface area contributed by atoms with Crippen LogP contribution < -0.4 is 9.30 Å². The minimum atomic E-state index is 0.831. The molecule has 0 unspecified atom stereocenters. The molecule has 0 radical (unpaired) electrons. The summed E-state index contributed by atoms with van der Waals surface area (Å²) >= 11 is 0. The second-order valence-electron chi connectivity index (χ2n) is 15.0. The number of ether oxygens (including phenoxy) is 1. The molecule has 0 amide bonds. The molecule has 0 fully saturated rings. The molecule has 2 nitrogen and oxygen atoms in total. The standard InChI is InChI=1S/C47H80NO/c1-3-5-7-9-11-13-15-16-17-18-19-20-21-22-23-24-26-28-30-32-44-49-47-37-35-45(36-38-47)33-34-46-39-42-48(43-40-46)41-31-29-27-25-14-12-10-8-6-4-2/h33-40,42-43H,3-32,41,44H2,1-2H3/q+1/b34-33+. The van der Waals surface area contributed by atoms with Crippen LogP contribution in [0.2, 0.25) is 0 Å². The molecule has 0 saturated carbocycles. The molecule has 1 heterocycles. The normalized spacial score (nSPS) is 11.6. The summed E-state index contributed by atoms with van der Waals surface area (Å²) in [5, 5.41) is 0. The highest BCUT2D eigenvalue weighted by Gasteiger charge is 2.01. The van der Waals surface area contributed by atoms with Gasteiger partial charge in [-0.3, -0.25) is 0 Å². The second-order valence-corrected chi connectivity index (χ2v) is 15.0. The topological polar surface area (TPSA) is 13.1 Å². The highest BCUT2D eigenvalue weighted by Crippen LogP contribution is 2.17. The molecule has 1 aromatic carbocycles. The van der Waals surface area contributed by atoms with E-state index in [9.17, 15) is 0 Å². The summed E-state index contributed by atoms with van der Waals surface area (Å²) < 4.78 is 8.35. The van der Waals surface area contributed by atoms with Crippen LogP contribution in [-0.4, -0.2) is 6.61 Å². The molecule has 49 heavy (non-hydrogen) atoms. The molecule has 0 atom stereocenters. The fourth-order valence-electron chi connectivity index (χ4n) is 6.93. The number of rotatable bonds is 35. The van der Waals surface area contributed by atoms with E-state index < -0.39 is 0 Å². The number of benzene rings is 1. The number of aromatic nitrogens is 1. The quantitative estimate of drug-likeness (QED) is 0.0524. The van der Waals surface area contributed by atoms with Gasteiger partial charge in [-0.05, 0) is 36.1 Å². The minimum Gasteiger partial charge on any atom is -0.494 e. The van der Waals surface area contributed by atoms with E-state index in [0.717, 1.165) is 25.3 Å². The van der Waals surface area contributed by atoms with Gasteiger partial charge in [0.1, 0.15) is 12.3 Å². The first-order valence-corrected chi connectivity index (χ1v) is 21.7. The van der Waals surface area contributed by atoms with Gasteiger partial charge in [-0.2, -0.15) is 0 Å². The van der Waals surface area contributed by atoms with Crippen LogP contribution in [0.4, 0.5) is 0 Å². The minimum absolute atomic E-state index is 0.831. The van der Waals surface area contributed by atoms with Crippen LogP contribution in [0.1, 0.15) is 218 Å². The highest BCUT2D eigenvalue weighted by atomic mass is 16.5. The summed E-state index contributed by atoms with van der Waals surface area (Å²) in [6.45, 7) is 6.55. The summed E-state index contributed by atoms with van der Waals surface area (Å²) in [6.07, 6.45) is 51.1. The smallest absolute Gasteiger partial charge is 0.169 e. The maximum Gasteiger partial charge on any atom is 0.169 e. The Morgan fingerprint density at radius 2 is 0.714 bits per heavy atom. The second kappa shape index (κ2) is 33.1. The SMILES string of the molecule is CCCCCCCCCCCCCCCCCCCCCCOc1ccc(/C=C/c2cc[n+](CCCCCCCCCCCC)cc2)cc1. The van der Waals surface area contributed by atoms with Crippen molar-refractivity contribution in [3.8, 4) is 5.75 Å². The third kappa shape index (κ3) is 26.4. The summed E-state index contributed by atoms with van der Waals surface area (Å²) in [7, 11) is 0. The Labute approximate surface area is 305 Å². The zero-order valence-electron chi connectivity index (χ0n) is 32.8. The predicted molar refractivity (Wildman–Crippen MR) is 217 cm³/mol. The van der Waals surface area contributed by atoms with E-state index in [1.165, 1.54) is 197 Å². The van der Waals surface area contributed by atoms with Gasteiger partial charge in [-0.15, -0.1) is 0 Å². The lowest BCUT2D eigenvalue weighted by atomic mass is 10.0. The molecule has 2 aromatic rings.